The molecule has 0 saturated carbocycles. The van der Waals surface area contributed by atoms with Gasteiger partial charge in [-0.3, -0.25) is 0 Å². The van der Waals surface area contributed by atoms with Gasteiger partial charge in [-0.15, -0.1) is 0 Å². The van der Waals surface area contributed by atoms with E-state index in [-0.39, 0.29) is 23.5 Å². The van der Waals surface area contributed by atoms with E-state index in [1.54, 1.807) is 21.1 Å². The summed E-state index contributed by atoms with van der Waals surface area (Å²) in [5.41, 5.74) is 5.87. The number of quaternary nitrogens is 1. The Morgan fingerprint density at radius 3 is 2.04 bits per heavy atom. The summed E-state index contributed by atoms with van der Waals surface area (Å²) in [4.78, 5) is 10.7. The highest BCUT2D eigenvalue weighted by Gasteiger charge is 2.42. The molecular weight excluding hydrogens is 354 g/mol. The van der Waals surface area contributed by atoms with Gasteiger partial charge in [-0.2, -0.15) is 0 Å². The Morgan fingerprint density at radius 2 is 1.58 bits per heavy atom. The number of sulfonamides is 1. The molecule has 0 bridgehead atoms. The molecule has 2 atom stereocenters. The number of hydrogen-bond acceptors (Lipinski definition) is 5. The van der Waals surface area contributed by atoms with Gasteiger partial charge in [0.15, 0.2) is 0 Å². The van der Waals surface area contributed by atoms with Gasteiger partial charge in [0, 0.05) is 5.97 Å². The van der Waals surface area contributed by atoms with Gasteiger partial charge in [-0.05, 0) is 30.1 Å². The van der Waals surface area contributed by atoms with E-state index >= 15 is 0 Å². The molecule has 2 N–H and O–H groups in total. The highest BCUT2D eigenvalue weighted by molar-refractivity contribution is 7.89. The van der Waals surface area contributed by atoms with Crippen LogP contribution in [0.4, 0.5) is 0 Å². The minimum absolute atomic E-state index is 0.107. The average Bonchev–Trinajstić information content (AvgIpc) is 2.52. The van der Waals surface area contributed by atoms with E-state index in [1.807, 2.05) is 6.92 Å². The molecule has 7 nitrogen and oxygen atoms in total. The molecule has 0 aromatic heterocycles. The summed E-state index contributed by atoms with van der Waals surface area (Å²) in [6.45, 7) is 4.16. The van der Waals surface area contributed by atoms with Crippen molar-refractivity contribution in [1.82, 2.24) is 4.41 Å². The first kappa shape index (κ1) is 25.3. The molecule has 0 saturated heterocycles. The Kier molecular flexibility index (Phi) is 11.6. The SMILES string of the molecule is CCCCCCCCC(CC)N([N+](C)(C)C)S(=O)(=O)C(N)CCC(=O)[O-]. The highest BCUT2D eigenvalue weighted by Crippen LogP contribution is 2.24. The smallest absolute Gasteiger partial charge is 0.271 e. The molecule has 0 rings (SSSR count). The summed E-state index contributed by atoms with van der Waals surface area (Å²) in [7, 11) is 1.57. The molecule has 0 fully saturated rings. The normalized spacial score (nSPS) is 15.2. The molecule has 0 spiro atoms. The topological polar surface area (TPSA) is 104 Å². The summed E-state index contributed by atoms with van der Waals surface area (Å²) in [5, 5.41) is 9.42. The quantitative estimate of drug-likeness (QED) is 0.258. The number of carbonyl (C=O) groups is 1. The van der Waals surface area contributed by atoms with Crippen LogP contribution in [-0.2, 0) is 14.8 Å². The summed E-state index contributed by atoms with van der Waals surface area (Å²) < 4.78 is 27.6. The van der Waals surface area contributed by atoms with E-state index in [9.17, 15) is 18.3 Å². The van der Waals surface area contributed by atoms with Crippen molar-refractivity contribution in [2.24, 2.45) is 5.73 Å². The minimum Gasteiger partial charge on any atom is -0.550 e. The van der Waals surface area contributed by atoms with Gasteiger partial charge in [0.1, 0.15) is 5.37 Å². The lowest BCUT2D eigenvalue weighted by molar-refractivity contribution is -0.970. The van der Waals surface area contributed by atoms with Crippen LogP contribution >= 0.6 is 0 Å². The van der Waals surface area contributed by atoms with Crippen molar-refractivity contribution in [2.75, 3.05) is 21.1 Å². The van der Waals surface area contributed by atoms with Crippen molar-refractivity contribution in [3.63, 3.8) is 0 Å². The first-order valence-electron chi connectivity index (χ1n) is 9.79. The molecule has 0 aromatic rings. The summed E-state index contributed by atoms with van der Waals surface area (Å²) in [6, 6.07) is -0.153. The first-order chi connectivity index (χ1) is 12.0. The van der Waals surface area contributed by atoms with E-state index in [4.69, 9.17) is 5.73 Å². The van der Waals surface area contributed by atoms with E-state index in [0.29, 0.717) is 6.42 Å². The molecule has 156 valence electrons. The van der Waals surface area contributed by atoms with Crippen LogP contribution in [0.25, 0.3) is 0 Å². The molecule has 8 heteroatoms. The monoisotopic (exact) mass is 393 g/mol. The Balaban J connectivity index is 5.10. The zero-order chi connectivity index (χ0) is 20.4. The zero-order valence-corrected chi connectivity index (χ0v) is 18.1. The second kappa shape index (κ2) is 11.9. The fraction of sp³-hybridized carbons (Fsp3) is 0.944. The maximum atomic E-state index is 13.0. The van der Waals surface area contributed by atoms with Gasteiger partial charge in [-0.25, -0.2) is 13.0 Å². The number of carbonyl (C=O) groups excluding carboxylic acids is 1. The molecule has 0 amide bonds. The number of carboxylic acids is 1. The standard InChI is InChI=1S/C18H39N3O4S/c1-6-8-9-10-11-12-13-16(7-2)20(21(3,4)5)26(24,25)17(19)14-15-18(22)23/h16-17H,6-15,19H2,1-5H3. The van der Waals surface area contributed by atoms with Crippen LogP contribution in [0.2, 0.25) is 0 Å². The van der Waals surface area contributed by atoms with Crippen molar-refractivity contribution in [2.45, 2.75) is 89.5 Å². The second-order valence-corrected chi connectivity index (χ2v) is 9.84. The second-order valence-electron chi connectivity index (χ2n) is 7.83. The van der Waals surface area contributed by atoms with Crippen LogP contribution in [0.3, 0.4) is 0 Å². The molecule has 0 aromatic carbocycles. The molecule has 0 aliphatic carbocycles. The van der Waals surface area contributed by atoms with Crippen LogP contribution in [-0.4, -0.2) is 56.0 Å². The molecule has 26 heavy (non-hydrogen) atoms. The predicted octanol–water partition coefficient (Wildman–Crippen LogP) is 1.58. The molecular formula is C18H39N3O4S. The van der Waals surface area contributed by atoms with Crippen LogP contribution in [0.15, 0.2) is 0 Å². The summed E-state index contributed by atoms with van der Waals surface area (Å²) >= 11 is 0. The van der Waals surface area contributed by atoms with E-state index in [2.05, 4.69) is 6.92 Å². The van der Waals surface area contributed by atoms with E-state index in [1.165, 1.54) is 30.1 Å². The van der Waals surface area contributed by atoms with Crippen LogP contribution in [0.5, 0.6) is 0 Å². The van der Waals surface area contributed by atoms with Crippen molar-refractivity contribution in [1.29, 1.82) is 0 Å². The number of nitrogens with two attached hydrogens (primary N) is 1. The molecule has 0 heterocycles. The molecule has 0 radical (unpaired) electrons. The lowest BCUT2D eigenvalue weighted by Gasteiger charge is -2.41. The van der Waals surface area contributed by atoms with Crippen LogP contribution in [0, 0.1) is 0 Å². The highest BCUT2D eigenvalue weighted by atomic mass is 32.2. The number of aliphatic carboxylic acids is 1. The van der Waals surface area contributed by atoms with Gasteiger partial charge in [-0.1, -0.05) is 52.4 Å². The van der Waals surface area contributed by atoms with Crippen molar-refractivity contribution in [3.8, 4) is 0 Å². The van der Waals surface area contributed by atoms with Gasteiger partial charge in [0.05, 0.1) is 27.2 Å². The maximum Gasteiger partial charge on any atom is 0.271 e. The fourth-order valence-corrected chi connectivity index (χ4v) is 5.26. The largest absolute Gasteiger partial charge is 0.550 e. The summed E-state index contributed by atoms with van der Waals surface area (Å²) in [6.07, 6.45) is 7.88. The molecule has 0 aliphatic heterocycles. The van der Waals surface area contributed by atoms with Gasteiger partial charge in [0.25, 0.3) is 10.0 Å². The summed E-state index contributed by atoms with van der Waals surface area (Å²) in [5.74, 6) is -1.29. The molecule has 2 unspecified atom stereocenters. The number of nitrogens with zero attached hydrogens (tertiary/aromatic N) is 2. The molecule has 0 aliphatic rings. The average molecular weight is 394 g/mol. The van der Waals surface area contributed by atoms with Crippen molar-refractivity contribution in [3.05, 3.63) is 0 Å². The fourth-order valence-electron chi connectivity index (χ4n) is 3.22. The number of carboxylic acid groups (broad SMARTS) is 1. The van der Waals surface area contributed by atoms with E-state index in [0.717, 1.165) is 19.3 Å². The third-order valence-electron chi connectivity index (χ3n) is 4.54. The number of unbranched alkanes of at least 4 members (excludes halogenated alkanes) is 5. The zero-order valence-electron chi connectivity index (χ0n) is 17.2. The number of rotatable bonds is 15. The van der Waals surface area contributed by atoms with E-state index < -0.39 is 21.4 Å². The maximum absolute atomic E-state index is 13.0. The van der Waals surface area contributed by atoms with Crippen LogP contribution in [0.1, 0.15) is 78.1 Å². The first-order valence-corrected chi connectivity index (χ1v) is 11.3. The lowest BCUT2D eigenvalue weighted by Crippen LogP contribution is -2.62. The van der Waals surface area contributed by atoms with Gasteiger partial charge >= 0.3 is 0 Å². The Morgan fingerprint density at radius 1 is 1.04 bits per heavy atom. The Bertz CT molecular complexity index is 503. The van der Waals surface area contributed by atoms with Gasteiger partial charge in [0.2, 0.25) is 0 Å². The lowest BCUT2D eigenvalue weighted by atomic mass is 10.0. The Labute approximate surface area is 160 Å². The predicted molar refractivity (Wildman–Crippen MR) is 103 cm³/mol. The minimum atomic E-state index is -3.82. The third kappa shape index (κ3) is 8.79. The Hall–Kier alpha value is -0.700. The number of hydrogen-bond donors (Lipinski definition) is 1. The van der Waals surface area contributed by atoms with Gasteiger partial charge < -0.3 is 15.6 Å². The third-order valence-corrected chi connectivity index (χ3v) is 6.85. The van der Waals surface area contributed by atoms with Crippen molar-refractivity contribution >= 4 is 16.0 Å². The van der Waals surface area contributed by atoms with Crippen molar-refractivity contribution < 1.29 is 22.9 Å². The van der Waals surface area contributed by atoms with Crippen LogP contribution < -0.4 is 10.8 Å².